The molecule has 0 nitrogen and oxygen atoms in total. The third-order valence-electron chi connectivity index (χ3n) is 7.67. The Hall–Kier alpha value is -1.15. The number of benzene rings is 1. The highest BCUT2D eigenvalue weighted by Crippen LogP contribution is 2.42. The number of fused-ring (bicyclic) bond motifs is 1. The van der Waals surface area contributed by atoms with E-state index in [1.165, 1.54) is 69.1 Å². The number of thiophene rings is 1. The van der Waals surface area contributed by atoms with Crippen LogP contribution in [0.5, 0.6) is 0 Å². The summed E-state index contributed by atoms with van der Waals surface area (Å²) < 4.78 is 15.7. The second kappa shape index (κ2) is 9.77. The Morgan fingerprint density at radius 2 is 1.66 bits per heavy atom. The highest BCUT2D eigenvalue weighted by atomic mass is 32.1. The number of allylic oxidation sites excluding steroid dienone is 1. The van der Waals surface area contributed by atoms with Crippen molar-refractivity contribution in [2.45, 2.75) is 84.5 Å². The summed E-state index contributed by atoms with van der Waals surface area (Å²) in [6, 6.07) is 6.17. The van der Waals surface area contributed by atoms with Crippen LogP contribution in [0, 0.1) is 29.5 Å². The van der Waals surface area contributed by atoms with Crippen molar-refractivity contribution in [3.8, 4) is 0 Å². The predicted molar refractivity (Wildman–Crippen MR) is 126 cm³/mol. The van der Waals surface area contributed by atoms with Crippen molar-refractivity contribution in [1.29, 1.82) is 0 Å². The summed E-state index contributed by atoms with van der Waals surface area (Å²) >= 11 is 1.61. The molecule has 4 rings (SSSR count). The largest absolute Gasteiger partial charge is 0.205 e. The first kappa shape index (κ1) is 21.1. The molecule has 0 amide bonds. The van der Waals surface area contributed by atoms with Crippen molar-refractivity contribution in [1.82, 2.24) is 0 Å². The van der Waals surface area contributed by atoms with E-state index in [1.54, 1.807) is 11.3 Å². The average molecular weight is 413 g/mol. The zero-order valence-corrected chi connectivity index (χ0v) is 19.1. The molecule has 0 aliphatic heterocycles. The maximum absolute atomic E-state index is 14.9. The lowest BCUT2D eigenvalue weighted by Crippen LogP contribution is -2.25. The summed E-state index contributed by atoms with van der Waals surface area (Å²) in [5.41, 5.74) is 0.762. The van der Waals surface area contributed by atoms with Gasteiger partial charge in [0, 0.05) is 10.4 Å². The smallest absolute Gasteiger partial charge is 0.148 e. The Labute approximate surface area is 180 Å². The maximum Gasteiger partial charge on any atom is 0.148 e. The van der Waals surface area contributed by atoms with E-state index >= 15 is 0 Å². The van der Waals surface area contributed by atoms with E-state index in [9.17, 15) is 4.39 Å². The summed E-state index contributed by atoms with van der Waals surface area (Å²) in [4.78, 5) is 1.27. The third-order valence-corrected chi connectivity index (χ3v) is 8.96. The fraction of sp³-hybridized carbons (Fsp3) is 0.630. The summed E-state index contributed by atoms with van der Waals surface area (Å²) in [5.74, 6) is 3.56. The van der Waals surface area contributed by atoms with Crippen LogP contribution in [-0.2, 0) is 6.42 Å². The molecule has 0 spiro atoms. The number of hydrogen-bond donors (Lipinski definition) is 0. The fourth-order valence-corrected chi connectivity index (χ4v) is 6.89. The first-order valence-corrected chi connectivity index (χ1v) is 12.9. The van der Waals surface area contributed by atoms with Crippen LogP contribution in [0.3, 0.4) is 0 Å². The Balaban J connectivity index is 1.31. The minimum absolute atomic E-state index is 0.0269. The lowest BCUT2D eigenvalue weighted by molar-refractivity contribution is 0.152. The monoisotopic (exact) mass is 412 g/mol. The van der Waals surface area contributed by atoms with Crippen LogP contribution in [0.1, 0.15) is 88.5 Å². The van der Waals surface area contributed by atoms with Gasteiger partial charge in [-0.3, -0.25) is 0 Å². The molecule has 0 radical (unpaired) electrons. The van der Waals surface area contributed by atoms with E-state index in [1.807, 2.05) is 6.07 Å². The Kier molecular flexibility index (Phi) is 7.11. The summed E-state index contributed by atoms with van der Waals surface area (Å²) in [7, 11) is 0. The van der Waals surface area contributed by atoms with Crippen LogP contribution >= 0.6 is 11.3 Å². The number of aryl methyl sites for hydroxylation is 1. The van der Waals surface area contributed by atoms with Gasteiger partial charge in [-0.15, -0.1) is 11.3 Å². The van der Waals surface area contributed by atoms with Crippen molar-refractivity contribution in [2.75, 3.05) is 0 Å². The minimum atomic E-state index is -0.0269. The van der Waals surface area contributed by atoms with Gasteiger partial charge in [-0.1, -0.05) is 63.8 Å². The van der Waals surface area contributed by atoms with Crippen LogP contribution in [0.15, 0.2) is 24.3 Å². The van der Waals surface area contributed by atoms with E-state index in [0.717, 1.165) is 39.8 Å². The van der Waals surface area contributed by atoms with Crippen molar-refractivity contribution >= 4 is 27.5 Å². The molecule has 0 unspecified atom stereocenters. The van der Waals surface area contributed by atoms with E-state index in [-0.39, 0.29) is 5.82 Å². The molecule has 2 aliphatic carbocycles. The van der Waals surface area contributed by atoms with Crippen LogP contribution in [0.2, 0.25) is 0 Å². The van der Waals surface area contributed by atoms with Gasteiger partial charge in [0.2, 0.25) is 0 Å². The average Bonchev–Trinajstić information content (AvgIpc) is 3.19. The summed E-state index contributed by atoms with van der Waals surface area (Å²) in [6.45, 7) is 4.46. The van der Waals surface area contributed by atoms with Gasteiger partial charge in [0.1, 0.15) is 5.82 Å². The van der Waals surface area contributed by atoms with Gasteiger partial charge < -0.3 is 0 Å². The van der Waals surface area contributed by atoms with E-state index in [4.69, 9.17) is 0 Å². The zero-order chi connectivity index (χ0) is 20.2. The minimum Gasteiger partial charge on any atom is -0.205 e. The van der Waals surface area contributed by atoms with Crippen molar-refractivity contribution in [2.24, 2.45) is 23.7 Å². The molecule has 0 bridgehead atoms. The SMILES string of the molecule is CCCC1CCC(C2CCC(/C=C/c3ccc4cc(CC)sc4c3F)CC2)CC1. The summed E-state index contributed by atoms with van der Waals surface area (Å²) in [6.07, 6.45) is 19.4. The molecule has 158 valence electrons. The number of halogens is 1. The van der Waals surface area contributed by atoms with E-state index < -0.39 is 0 Å². The molecule has 0 N–H and O–H groups in total. The Morgan fingerprint density at radius 3 is 2.31 bits per heavy atom. The lowest BCUT2D eigenvalue weighted by Gasteiger charge is -2.37. The molecule has 2 aliphatic rings. The molecule has 0 atom stereocenters. The molecule has 2 heteroatoms. The van der Waals surface area contributed by atoms with Crippen molar-refractivity contribution < 1.29 is 4.39 Å². The van der Waals surface area contributed by atoms with Crippen molar-refractivity contribution in [3.63, 3.8) is 0 Å². The second-order valence-corrected chi connectivity index (χ2v) is 10.7. The molecule has 29 heavy (non-hydrogen) atoms. The van der Waals surface area contributed by atoms with E-state index in [2.05, 4.69) is 38.1 Å². The topological polar surface area (TPSA) is 0 Å². The number of rotatable bonds is 6. The first-order chi connectivity index (χ1) is 14.2. The van der Waals surface area contributed by atoms with E-state index in [0.29, 0.717) is 5.92 Å². The molecule has 2 aromatic rings. The highest BCUT2D eigenvalue weighted by molar-refractivity contribution is 7.19. The van der Waals surface area contributed by atoms with Gasteiger partial charge >= 0.3 is 0 Å². The second-order valence-electron chi connectivity index (χ2n) is 9.56. The standard InChI is InChI=1S/C27H37FS/c1-3-5-19-6-11-21(12-7-19)22-13-8-20(9-14-22)10-15-23-16-17-24-18-25(4-2)29-27(24)26(23)28/h10,15-22H,3-9,11-14H2,1-2H3/b15-10+. The normalized spacial score (nSPS) is 28.4. The molecule has 1 heterocycles. The van der Waals surface area contributed by atoms with Crippen LogP contribution in [0.25, 0.3) is 16.2 Å². The molecular weight excluding hydrogens is 375 g/mol. The van der Waals surface area contributed by atoms with Crippen LogP contribution < -0.4 is 0 Å². The highest BCUT2D eigenvalue weighted by Gasteiger charge is 2.30. The summed E-state index contributed by atoms with van der Waals surface area (Å²) in [5, 5.41) is 1.05. The molecule has 0 saturated heterocycles. The molecule has 2 fully saturated rings. The van der Waals surface area contributed by atoms with Gasteiger partial charge in [0.25, 0.3) is 0 Å². The van der Waals surface area contributed by atoms with Gasteiger partial charge in [-0.2, -0.15) is 0 Å². The van der Waals surface area contributed by atoms with Crippen LogP contribution in [-0.4, -0.2) is 0 Å². The van der Waals surface area contributed by atoms with Crippen LogP contribution in [0.4, 0.5) is 4.39 Å². The quantitative estimate of drug-likeness (QED) is 0.444. The molecule has 1 aromatic carbocycles. The van der Waals surface area contributed by atoms with Gasteiger partial charge in [-0.25, -0.2) is 4.39 Å². The Bertz CT molecular complexity index is 816. The van der Waals surface area contributed by atoms with Crippen molar-refractivity contribution in [3.05, 3.63) is 40.5 Å². The van der Waals surface area contributed by atoms with Gasteiger partial charge in [-0.05, 0) is 80.1 Å². The number of hydrogen-bond acceptors (Lipinski definition) is 1. The lowest BCUT2D eigenvalue weighted by atomic mass is 9.68. The first-order valence-electron chi connectivity index (χ1n) is 12.1. The Morgan fingerprint density at radius 1 is 0.966 bits per heavy atom. The molecule has 1 aromatic heterocycles. The fourth-order valence-electron chi connectivity index (χ4n) is 5.85. The molecular formula is C27H37FS. The van der Waals surface area contributed by atoms with Gasteiger partial charge in [0.05, 0.1) is 4.70 Å². The molecule has 2 saturated carbocycles. The van der Waals surface area contributed by atoms with Gasteiger partial charge in [0.15, 0.2) is 0 Å². The zero-order valence-electron chi connectivity index (χ0n) is 18.3. The third kappa shape index (κ3) is 4.95. The predicted octanol–water partition coefficient (Wildman–Crippen LogP) is 9.03. The maximum atomic E-state index is 14.9.